The Morgan fingerprint density at radius 3 is 2.64 bits per heavy atom. The van der Waals surface area contributed by atoms with Gasteiger partial charge in [0.2, 0.25) is 0 Å². The maximum atomic E-state index is 12.9. The van der Waals surface area contributed by atoms with Crippen molar-refractivity contribution < 1.29 is 14.3 Å². The van der Waals surface area contributed by atoms with Crippen molar-refractivity contribution in [3.05, 3.63) is 87.6 Å². The van der Waals surface area contributed by atoms with E-state index in [1.54, 1.807) is 12.1 Å². The minimum absolute atomic E-state index is 0.209. The van der Waals surface area contributed by atoms with E-state index in [4.69, 9.17) is 16.0 Å². The van der Waals surface area contributed by atoms with Crippen LogP contribution in [0.15, 0.2) is 53.0 Å². The normalized spacial score (nSPS) is 11.6. The molecular formula is C27H31ClN2O3. The van der Waals surface area contributed by atoms with Gasteiger partial charge in [-0.1, -0.05) is 56.1 Å². The molecule has 0 unspecified atom stereocenters. The summed E-state index contributed by atoms with van der Waals surface area (Å²) >= 11 is 6.23. The Labute approximate surface area is 200 Å². The maximum absolute atomic E-state index is 12.9. The molecule has 0 atom stereocenters. The molecule has 0 saturated heterocycles. The number of allylic oxidation sites excluding steroid dienone is 1. The maximum Gasteiger partial charge on any atom is 0.273 e. The Bertz CT molecular complexity index is 1120. The zero-order valence-electron chi connectivity index (χ0n) is 19.5. The number of aromatic hydroxyl groups is 1. The summed E-state index contributed by atoms with van der Waals surface area (Å²) < 4.78 is 5.84. The first-order chi connectivity index (χ1) is 15.9. The van der Waals surface area contributed by atoms with Crippen molar-refractivity contribution >= 4 is 23.1 Å². The Morgan fingerprint density at radius 1 is 1.18 bits per heavy atom. The van der Waals surface area contributed by atoms with Gasteiger partial charge in [-0.25, -0.2) is 4.98 Å². The van der Waals surface area contributed by atoms with Crippen LogP contribution in [0, 0.1) is 6.92 Å². The number of unbranched alkanes of at least 4 members (excludes halogenated alkanes) is 1. The van der Waals surface area contributed by atoms with Gasteiger partial charge in [0.05, 0.1) is 0 Å². The molecule has 1 amide bonds. The summed E-state index contributed by atoms with van der Waals surface area (Å²) in [6.45, 7) is 6.65. The summed E-state index contributed by atoms with van der Waals surface area (Å²) in [6.07, 6.45) is 5.99. The molecule has 3 rings (SSSR count). The molecule has 0 bridgehead atoms. The summed E-state index contributed by atoms with van der Waals surface area (Å²) in [5, 5.41) is 13.2. The van der Waals surface area contributed by atoms with E-state index in [1.807, 2.05) is 37.3 Å². The highest BCUT2D eigenvalue weighted by atomic mass is 35.5. The smallest absolute Gasteiger partial charge is 0.273 e. The van der Waals surface area contributed by atoms with Crippen LogP contribution in [-0.4, -0.2) is 22.5 Å². The molecule has 0 spiro atoms. The number of phenols is 1. The molecule has 174 valence electrons. The van der Waals surface area contributed by atoms with E-state index in [0.717, 1.165) is 29.5 Å². The third kappa shape index (κ3) is 6.72. The minimum atomic E-state index is -0.231. The van der Waals surface area contributed by atoms with Crippen molar-refractivity contribution in [2.24, 2.45) is 0 Å². The standard InChI is InChI=1S/C27H31ClN2O3/c1-4-6-7-20(23-17-21(28)11-8-18(23)3)14-15-29-27(32)26-24(5-2)33-25(30-26)16-19-9-12-22(31)13-10-19/h7-13,17,31H,4-6,14-16H2,1-3H3,(H,29,32). The summed E-state index contributed by atoms with van der Waals surface area (Å²) in [4.78, 5) is 17.3. The van der Waals surface area contributed by atoms with E-state index in [9.17, 15) is 9.90 Å². The van der Waals surface area contributed by atoms with Crippen LogP contribution in [0.5, 0.6) is 5.75 Å². The second kappa shape index (κ2) is 11.7. The van der Waals surface area contributed by atoms with Gasteiger partial charge in [0.25, 0.3) is 5.91 Å². The number of nitrogens with one attached hydrogen (secondary N) is 1. The van der Waals surface area contributed by atoms with E-state index in [1.165, 1.54) is 5.57 Å². The molecule has 2 aromatic carbocycles. The average Bonchev–Trinajstić information content (AvgIpc) is 3.22. The van der Waals surface area contributed by atoms with Crippen LogP contribution in [-0.2, 0) is 12.8 Å². The fraction of sp³-hybridized carbons (Fsp3) is 0.333. The predicted molar refractivity (Wildman–Crippen MR) is 133 cm³/mol. The number of hydrogen-bond donors (Lipinski definition) is 2. The van der Waals surface area contributed by atoms with E-state index in [-0.39, 0.29) is 11.7 Å². The summed E-state index contributed by atoms with van der Waals surface area (Å²) in [5.41, 5.74) is 4.75. The monoisotopic (exact) mass is 466 g/mol. The molecule has 0 radical (unpaired) electrons. The lowest BCUT2D eigenvalue weighted by Crippen LogP contribution is -2.26. The van der Waals surface area contributed by atoms with Gasteiger partial charge >= 0.3 is 0 Å². The molecule has 0 saturated carbocycles. The summed E-state index contributed by atoms with van der Waals surface area (Å²) in [6, 6.07) is 12.8. The van der Waals surface area contributed by atoms with Crippen LogP contribution in [0.2, 0.25) is 5.02 Å². The second-order valence-corrected chi connectivity index (χ2v) is 8.50. The number of hydrogen-bond acceptors (Lipinski definition) is 4. The topological polar surface area (TPSA) is 75.4 Å². The van der Waals surface area contributed by atoms with E-state index in [0.29, 0.717) is 48.2 Å². The van der Waals surface area contributed by atoms with E-state index < -0.39 is 0 Å². The third-order valence-corrected chi connectivity index (χ3v) is 5.71. The van der Waals surface area contributed by atoms with Gasteiger partial charge in [0.15, 0.2) is 11.6 Å². The summed E-state index contributed by atoms with van der Waals surface area (Å²) in [5.74, 6) is 1.04. The first kappa shape index (κ1) is 24.6. The van der Waals surface area contributed by atoms with Gasteiger partial charge in [-0.3, -0.25) is 4.79 Å². The second-order valence-electron chi connectivity index (χ2n) is 8.06. The number of benzene rings is 2. The van der Waals surface area contributed by atoms with Crippen molar-refractivity contribution in [3.63, 3.8) is 0 Å². The van der Waals surface area contributed by atoms with Crippen LogP contribution >= 0.6 is 11.6 Å². The molecule has 0 aliphatic carbocycles. The SMILES string of the molecule is CCCC=C(CCNC(=O)c1nc(Cc2ccc(O)cc2)oc1CC)c1cc(Cl)ccc1C. The van der Waals surface area contributed by atoms with Crippen molar-refractivity contribution in [1.82, 2.24) is 10.3 Å². The van der Waals surface area contributed by atoms with Crippen LogP contribution < -0.4 is 5.32 Å². The molecule has 0 aliphatic rings. The summed E-state index contributed by atoms with van der Waals surface area (Å²) in [7, 11) is 0. The number of amides is 1. The molecule has 1 heterocycles. The fourth-order valence-electron chi connectivity index (χ4n) is 3.68. The lowest BCUT2D eigenvalue weighted by molar-refractivity contribution is 0.0948. The van der Waals surface area contributed by atoms with E-state index in [2.05, 4.69) is 30.2 Å². The van der Waals surface area contributed by atoms with Crippen molar-refractivity contribution in [3.8, 4) is 5.75 Å². The Morgan fingerprint density at radius 2 is 1.94 bits per heavy atom. The van der Waals surface area contributed by atoms with Gasteiger partial charge in [0, 0.05) is 24.4 Å². The number of carbonyl (C=O) groups is 1. The molecule has 0 aliphatic heterocycles. The molecule has 5 nitrogen and oxygen atoms in total. The van der Waals surface area contributed by atoms with Crippen molar-refractivity contribution in [1.29, 1.82) is 0 Å². The van der Waals surface area contributed by atoms with Gasteiger partial charge in [-0.2, -0.15) is 0 Å². The molecule has 1 aromatic heterocycles. The number of carbonyl (C=O) groups excluding carboxylic acids is 1. The highest BCUT2D eigenvalue weighted by Gasteiger charge is 2.19. The molecule has 0 fully saturated rings. The predicted octanol–water partition coefficient (Wildman–Crippen LogP) is 6.50. The molecule has 3 aromatic rings. The number of aromatic nitrogens is 1. The number of rotatable bonds is 10. The van der Waals surface area contributed by atoms with Gasteiger partial charge in [-0.05, 0) is 66.3 Å². The number of phenolic OH excluding ortho intramolecular Hbond substituents is 1. The lowest BCUT2D eigenvalue weighted by atomic mass is 9.96. The average molecular weight is 467 g/mol. The fourth-order valence-corrected chi connectivity index (χ4v) is 3.85. The van der Waals surface area contributed by atoms with Crippen molar-refractivity contribution in [2.45, 2.75) is 52.9 Å². The van der Waals surface area contributed by atoms with Crippen LogP contribution in [0.1, 0.15) is 71.9 Å². The molecule has 2 N–H and O–H groups in total. The highest BCUT2D eigenvalue weighted by Crippen LogP contribution is 2.26. The molecule has 33 heavy (non-hydrogen) atoms. The highest BCUT2D eigenvalue weighted by molar-refractivity contribution is 6.30. The van der Waals surface area contributed by atoms with Crippen molar-refractivity contribution in [2.75, 3.05) is 6.54 Å². The Kier molecular flexibility index (Phi) is 8.72. The lowest BCUT2D eigenvalue weighted by Gasteiger charge is -2.12. The number of halogens is 1. The van der Waals surface area contributed by atoms with Crippen LogP contribution in [0.4, 0.5) is 0 Å². The van der Waals surface area contributed by atoms with Crippen LogP contribution in [0.3, 0.4) is 0 Å². The number of nitrogens with zero attached hydrogens (tertiary/aromatic N) is 1. The van der Waals surface area contributed by atoms with Gasteiger partial charge < -0.3 is 14.8 Å². The Hall–Kier alpha value is -3.05. The zero-order valence-corrected chi connectivity index (χ0v) is 20.2. The number of oxazole rings is 1. The third-order valence-electron chi connectivity index (χ3n) is 5.47. The number of aryl methyl sites for hydroxylation is 2. The quantitative estimate of drug-likeness (QED) is 0.357. The zero-order chi connectivity index (χ0) is 23.8. The largest absolute Gasteiger partial charge is 0.508 e. The minimum Gasteiger partial charge on any atom is -0.508 e. The van der Waals surface area contributed by atoms with Gasteiger partial charge in [-0.15, -0.1) is 0 Å². The molecule has 6 heteroatoms. The van der Waals surface area contributed by atoms with Crippen LogP contribution in [0.25, 0.3) is 5.57 Å². The Balaban J connectivity index is 1.68. The first-order valence-electron chi connectivity index (χ1n) is 11.4. The van der Waals surface area contributed by atoms with Gasteiger partial charge in [0.1, 0.15) is 11.5 Å². The van der Waals surface area contributed by atoms with E-state index >= 15 is 0 Å². The molecular weight excluding hydrogens is 436 g/mol. The first-order valence-corrected chi connectivity index (χ1v) is 11.8.